The van der Waals surface area contributed by atoms with Gasteiger partial charge in [0, 0.05) is 5.92 Å². The van der Waals surface area contributed by atoms with Gasteiger partial charge >= 0.3 is 0 Å². The number of rotatable bonds is 8. The second-order valence-corrected chi connectivity index (χ2v) is 19.2. The fraction of sp³-hybridized carbons (Fsp3) is 0.333. The molecule has 0 bridgehead atoms. The predicted octanol–water partition coefficient (Wildman–Crippen LogP) is 11.5. The molecule has 47 heavy (non-hydrogen) atoms. The molecule has 6 unspecified atom stereocenters. The van der Waals surface area contributed by atoms with E-state index in [0.717, 1.165) is 0 Å². The largest absolute Gasteiger partial charge is 0.0801 e. The maximum Gasteiger partial charge on any atom is 0.00878 e. The lowest BCUT2D eigenvalue weighted by molar-refractivity contribution is 0.514. The van der Waals surface area contributed by atoms with Crippen LogP contribution in [0.25, 0.3) is 10.8 Å². The highest BCUT2D eigenvalue weighted by Crippen LogP contribution is 2.63. The van der Waals surface area contributed by atoms with Crippen LogP contribution in [-0.2, 0) is 0 Å². The molecule has 4 aromatic rings. The smallest absolute Gasteiger partial charge is 0.00878 e. The summed E-state index contributed by atoms with van der Waals surface area (Å²) in [5, 5.41) is 9.20. The van der Waals surface area contributed by atoms with E-state index in [9.17, 15) is 0 Å². The highest BCUT2D eigenvalue weighted by molar-refractivity contribution is 7.74. The molecule has 0 spiro atoms. The molecule has 0 radical (unpaired) electrons. The first-order valence-electron chi connectivity index (χ1n) is 17.8. The fourth-order valence-corrected chi connectivity index (χ4v) is 16.3. The Morgan fingerprint density at radius 1 is 0.723 bits per heavy atom. The quantitative estimate of drug-likeness (QED) is 0.166. The Morgan fingerprint density at radius 3 is 2.06 bits per heavy atom. The molecule has 0 nitrogen and oxygen atoms in total. The lowest BCUT2D eigenvalue weighted by atomic mass is 9.81. The summed E-state index contributed by atoms with van der Waals surface area (Å²) in [6.07, 6.45) is 19.8. The van der Waals surface area contributed by atoms with Crippen molar-refractivity contribution in [3.8, 4) is 0 Å². The van der Waals surface area contributed by atoms with Crippen molar-refractivity contribution in [2.75, 3.05) is 0 Å². The molecule has 1 fully saturated rings. The predicted molar refractivity (Wildman–Crippen MR) is 211 cm³/mol. The Morgan fingerprint density at radius 2 is 1.38 bits per heavy atom. The van der Waals surface area contributed by atoms with Gasteiger partial charge in [-0.15, -0.1) is 0 Å². The number of aryl methyl sites for hydroxylation is 4. The number of allylic oxidation sites excluding steroid dienone is 8. The van der Waals surface area contributed by atoms with Gasteiger partial charge in [-0.3, -0.25) is 0 Å². The van der Waals surface area contributed by atoms with Crippen molar-refractivity contribution in [2.24, 2.45) is 17.8 Å². The molecule has 240 valence electrons. The summed E-state index contributed by atoms with van der Waals surface area (Å²) in [7, 11) is -1.12. The zero-order valence-corrected chi connectivity index (χ0v) is 30.9. The zero-order valence-electron chi connectivity index (χ0n) is 29.1. The monoisotopic (exact) mass is 652 g/mol. The molecule has 0 saturated heterocycles. The third-order valence-electron chi connectivity index (χ3n) is 10.8. The lowest BCUT2D eigenvalue weighted by Gasteiger charge is -2.41. The van der Waals surface area contributed by atoms with E-state index in [1.807, 2.05) is 0 Å². The third-order valence-corrected chi connectivity index (χ3v) is 17.0. The highest BCUT2D eigenvalue weighted by atomic mass is 31.1. The topological polar surface area (TPSA) is 0 Å². The van der Waals surface area contributed by atoms with Crippen LogP contribution in [0.3, 0.4) is 0 Å². The van der Waals surface area contributed by atoms with Crippen molar-refractivity contribution in [2.45, 2.75) is 78.5 Å². The van der Waals surface area contributed by atoms with Crippen LogP contribution in [0, 0.1) is 45.4 Å². The third kappa shape index (κ3) is 6.42. The summed E-state index contributed by atoms with van der Waals surface area (Å²) in [5.41, 5.74) is 8.44. The van der Waals surface area contributed by atoms with E-state index >= 15 is 0 Å². The molecular formula is C45H50P2. The first-order valence-corrected chi connectivity index (χ1v) is 20.6. The van der Waals surface area contributed by atoms with Crippen molar-refractivity contribution in [1.29, 1.82) is 0 Å². The second kappa shape index (κ2) is 13.8. The summed E-state index contributed by atoms with van der Waals surface area (Å²) in [6, 6.07) is 31.1. The van der Waals surface area contributed by atoms with Crippen LogP contribution in [0.1, 0.15) is 61.8 Å². The number of fused-ring (bicyclic) bond motifs is 2. The Kier molecular flexibility index (Phi) is 9.56. The molecule has 0 heterocycles. The molecule has 4 aromatic carbocycles. The van der Waals surface area contributed by atoms with E-state index in [1.54, 1.807) is 26.8 Å². The van der Waals surface area contributed by atoms with E-state index in [0.29, 0.717) is 29.1 Å². The Balaban J connectivity index is 1.42. The van der Waals surface area contributed by atoms with Gasteiger partial charge in [0.25, 0.3) is 0 Å². The maximum absolute atomic E-state index is 2.57. The van der Waals surface area contributed by atoms with Crippen LogP contribution < -0.4 is 15.9 Å². The minimum atomic E-state index is -0.584. The molecule has 0 amide bonds. The average Bonchev–Trinajstić information content (AvgIpc) is 3.53. The van der Waals surface area contributed by atoms with Gasteiger partial charge in [-0.1, -0.05) is 158 Å². The summed E-state index contributed by atoms with van der Waals surface area (Å²) in [6.45, 7) is 14.0. The van der Waals surface area contributed by atoms with Gasteiger partial charge in [0.1, 0.15) is 0 Å². The molecular weight excluding hydrogens is 602 g/mol. The molecule has 0 aliphatic heterocycles. The SMILES string of the molecule is CCC(C1CCCC1P(C1=C2C=CC=CC2C(C)C=C1)c1cccc2ccccc12)P(c1cc(C)cc(C)c1)c1cc(C)cc(C)c1. The Labute approximate surface area is 286 Å². The van der Waals surface area contributed by atoms with Crippen LogP contribution in [0.5, 0.6) is 0 Å². The van der Waals surface area contributed by atoms with Gasteiger partial charge in [-0.2, -0.15) is 0 Å². The van der Waals surface area contributed by atoms with Gasteiger partial charge < -0.3 is 0 Å². The molecule has 3 aliphatic carbocycles. The van der Waals surface area contributed by atoms with E-state index in [2.05, 4.69) is 157 Å². The summed E-state index contributed by atoms with van der Waals surface area (Å²) in [5.74, 6) is 1.69. The van der Waals surface area contributed by atoms with Crippen molar-refractivity contribution >= 4 is 42.5 Å². The second-order valence-electron chi connectivity index (χ2n) is 14.4. The molecule has 0 N–H and O–H groups in total. The van der Waals surface area contributed by atoms with Crippen molar-refractivity contribution < 1.29 is 0 Å². The van der Waals surface area contributed by atoms with Crippen molar-refractivity contribution in [1.82, 2.24) is 0 Å². The average molecular weight is 653 g/mol. The normalized spacial score (nSPS) is 23.5. The van der Waals surface area contributed by atoms with Crippen molar-refractivity contribution in [3.05, 3.63) is 148 Å². The van der Waals surface area contributed by atoms with Crippen LogP contribution >= 0.6 is 15.8 Å². The van der Waals surface area contributed by atoms with Gasteiger partial charge in [0.15, 0.2) is 0 Å². The van der Waals surface area contributed by atoms with E-state index < -0.39 is 15.8 Å². The Hall–Kier alpha value is -3.04. The molecule has 7 rings (SSSR count). The lowest BCUT2D eigenvalue weighted by Crippen LogP contribution is -2.33. The highest BCUT2D eigenvalue weighted by Gasteiger charge is 2.44. The number of benzene rings is 4. The molecule has 2 heteroatoms. The van der Waals surface area contributed by atoms with E-state index in [1.165, 1.54) is 58.7 Å². The molecule has 1 saturated carbocycles. The first-order chi connectivity index (χ1) is 22.8. The van der Waals surface area contributed by atoms with E-state index in [-0.39, 0.29) is 0 Å². The molecule has 0 aromatic heterocycles. The molecule has 6 atom stereocenters. The number of hydrogen-bond acceptors (Lipinski definition) is 0. The van der Waals surface area contributed by atoms with Crippen LogP contribution in [-0.4, -0.2) is 11.3 Å². The van der Waals surface area contributed by atoms with Crippen LogP contribution in [0.2, 0.25) is 0 Å². The van der Waals surface area contributed by atoms with Crippen LogP contribution in [0.15, 0.2) is 126 Å². The summed E-state index contributed by atoms with van der Waals surface area (Å²) >= 11 is 0. The summed E-state index contributed by atoms with van der Waals surface area (Å²) in [4.78, 5) is 0. The minimum absolute atomic E-state index is 0.476. The van der Waals surface area contributed by atoms with Gasteiger partial charge in [-0.05, 0) is 124 Å². The maximum atomic E-state index is 2.57. The zero-order chi connectivity index (χ0) is 32.7. The van der Waals surface area contributed by atoms with Gasteiger partial charge in [0.05, 0.1) is 0 Å². The minimum Gasteiger partial charge on any atom is -0.0801 e. The first kappa shape index (κ1) is 32.5. The summed E-state index contributed by atoms with van der Waals surface area (Å²) < 4.78 is 0. The van der Waals surface area contributed by atoms with E-state index in [4.69, 9.17) is 0 Å². The number of hydrogen-bond donors (Lipinski definition) is 0. The fourth-order valence-electron chi connectivity index (χ4n) is 8.98. The van der Waals surface area contributed by atoms with Crippen LogP contribution in [0.4, 0.5) is 0 Å². The molecule has 3 aliphatic rings. The standard InChI is InChI=1S/C45H50P2/c1-7-42(46(36-26-30(2)24-31(3)27-36)37-28-32(4)25-33(5)29-37)41-19-13-21-44(41)47(43-20-12-15-35-14-8-9-17-39(35)43)45-23-22-34(6)38-16-10-11-18-40(38)45/h8-12,14-18,20,22-29,34,38,41-42,44H,7,13,19,21H2,1-6H3. The Bertz CT molecular complexity index is 1810. The van der Waals surface area contributed by atoms with Gasteiger partial charge in [-0.25, -0.2) is 0 Å². The van der Waals surface area contributed by atoms with Gasteiger partial charge in [0.2, 0.25) is 0 Å². The van der Waals surface area contributed by atoms with Crippen molar-refractivity contribution in [3.63, 3.8) is 0 Å².